The fraction of sp³-hybridized carbons (Fsp3) is 0.857. The van der Waals surface area contributed by atoms with Crippen molar-refractivity contribution in [2.24, 2.45) is 0 Å². The zero-order valence-corrected chi connectivity index (χ0v) is 12.2. The maximum atomic E-state index is 12.5. The van der Waals surface area contributed by atoms with E-state index in [0.717, 1.165) is 32.2 Å². The van der Waals surface area contributed by atoms with Crippen LogP contribution in [0.4, 0.5) is 0 Å². The molecule has 1 amide bonds. The van der Waals surface area contributed by atoms with Gasteiger partial charge in [-0.25, -0.2) is 0 Å². The lowest BCUT2D eigenvalue weighted by atomic mass is 9.88. The highest BCUT2D eigenvalue weighted by atomic mass is 16.4. The largest absolute Gasteiger partial charge is 0.481 e. The molecular weight excluding hydrogens is 244 g/mol. The number of carbonyl (C=O) groups excluding carboxylic acids is 1. The lowest BCUT2D eigenvalue weighted by Crippen LogP contribution is -2.58. The molecule has 1 aliphatic rings. The topological polar surface area (TPSA) is 78.4 Å². The Hall–Kier alpha value is -1.10. The summed E-state index contributed by atoms with van der Waals surface area (Å²) in [6.45, 7) is 6.71. The number of hydrogen-bond donors (Lipinski definition) is 3. The molecule has 0 aliphatic carbocycles. The summed E-state index contributed by atoms with van der Waals surface area (Å²) in [5.74, 6) is -0.813. The average molecular weight is 270 g/mol. The standard InChI is InChI=1S/C14H26N2O3/c1-4-7-14(8-5-10-15-14)12(19)16-13(2,3)9-6-11(17)18/h15H,4-10H2,1-3H3,(H,16,19)(H,17,18). The Kier molecular flexibility index (Phi) is 5.35. The molecule has 19 heavy (non-hydrogen) atoms. The molecule has 3 N–H and O–H groups in total. The molecule has 0 radical (unpaired) electrons. The number of aliphatic carboxylic acids is 1. The fourth-order valence-electron chi connectivity index (χ4n) is 2.66. The summed E-state index contributed by atoms with van der Waals surface area (Å²) < 4.78 is 0. The third-order valence-corrected chi connectivity index (χ3v) is 3.77. The summed E-state index contributed by atoms with van der Waals surface area (Å²) in [4.78, 5) is 23.1. The minimum atomic E-state index is -0.829. The molecule has 1 fully saturated rings. The first-order valence-electron chi connectivity index (χ1n) is 7.11. The van der Waals surface area contributed by atoms with Gasteiger partial charge in [-0.05, 0) is 46.1 Å². The van der Waals surface area contributed by atoms with Gasteiger partial charge in [0.05, 0.1) is 5.54 Å². The average Bonchev–Trinajstić information content (AvgIpc) is 2.76. The molecule has 0 aromatic carbocycles. The monoisotopic (exact) mass is 270 g/mol. The maximum Gasteiger partial charge on any atom is 0.303 e. The van der Waals surface area contributed by atoms with Crippen LogP contribution in [0.1, 0.15) is 59.3 Å². The highest BCUT2D eigenvalue weighted by Crippen LogP contribution is 2.26. The van der Waals surface area contributed by atoms with Crippen LogP contribution in [-0.2, 0) is 9.59 Å². The molecule has 1 atom stereocenters. The molecule has 0 aromatic heterocycles. The van der Waals surface area contributed by atoms with Gasteiger partial charge in [-0.3, -0.25) is 9.59 Å². The number of carbonyl (C=O) groups is 2. The second-order valence-corrected chi connectivity index (χ2v) is 6.09. The summed E-state index contributed by atoms with van der Waals surface area (Å²) in [5, 5.41) is 15.1. The first-order chi connectivity index (χ1) is 8.81. The Morgan fingerprint density at radius 3 is 2.58 bits per heavy atom. The van der Waals surface area contributed by atoms with Crippen LogP contribution in [0.2, 0.25) is 0 Å². The number of carboxylic acid groups (broad SMARTS) is 1. The van der Waals surface area contributed by atoms with E-state index >= 15 is 0 Å². The van der Waals surface area contributed by atoms with Crippen LogP contribution < -0.4 is 10.6 Å². The van der Waals surface area contributed by atoms with E-state index in [-0.39, 0.29) is 12.3 Å². The molecule has 1 saturated heterocycles. The Bertz CT molecular complexity index is 334. The number of nitrogens with one attached hydrogen (secondary N) is 2. The Morgan fingerprint density at radius 1 is 1.42 bits per heavy atom. The second kappa shape index (κ2) is 6.37. The number of amides is 1. The normalized spacial score (nSPS) is 23.3. The van der Waals surface area contributed by atoms with E-state index in [1.165, 1.54) is 0 Å². The molecule has 0 spiro atoms. The van der Waals surface area contributed by atoms with Gasteiger partial charge in [0.15, 0.2) is 0 Å². The van der Waals surface area contributed by atoms with Crippen LogP contribution in [0.25, 0.3) is 0 Å². The quantitative estimate of drug-likeness (QED) is 0.657. The van der Waals surface area contributed by atoms with Crippen molar-refractivity contribution in [3.63, 3.8) is 0 Å². The third-order valence-electron chi connectivity index (χ3n) is 3.77. The Labute approximate surface area is 115 Å². The van der Waals surface area contributed by atoms with Gasteiger partial charge in [-0.15, -0.1) is 0 Å². The Balaban J connectivity index is 2.63. The van der Waals surface area contributed by atoms with Gasteiger partial charge in [-0.1, -0.05) is 13.3 Å². The predicted molar refractivity (Wildman–Crippen MR) is 74.0 cm³/mol. The Morgan fingerprint density at radius 2 is 2.11 bits per heavy atom. The number of hydrogen-bond acceptors (Lipinski definition) is 3. The van der Waals surface area contributed by atoms with E-state index in [0.29, 0.717) is 6.42 Å². The summed E-state index contributed by atoms with van der Waals surface area (Å²) in [6.07, 6.45) is 4.17. The van der Waals surface area contributed by atoms with Crippen molar-refractivity contribution in [3.8, 4) is 0 Å². The SMILES string of the molecule is CCCC1(C(=O)NC(C)(C)CCC(=O)O)CCCN1. The molecule has 0 bridgehead atoms. The van der Waals surface area contributed by atoms with E-state index in [2.05, 4.69) is 17.6 Å². The highest BCUT2D eigenvalue weighted by molar-refractivity contribution is 5.87. The number of rotatable bonds is 7. The van der Waals surface area contributed by atoms with Gasteiger partial charge in [0.25, 0.3) is 0 Å². The van der Waals surface area contributed by atoms with E-state index < -0.39 is 17.0 Å². The van der Waals surface area contributed by atoms with Crippen molar-refractivity contribution in [1.29, 1.82) is 0 Å². The summed E-state index contributed by atoms with van der Waals surface area (Å²) >= 11 is 0. The van der Waals surface area contributed by atoms with Crippen LogP contribution in [0.15, 0.2) is 0 Å². The van der Waals surface area contributed by atoms with Gasteiger partial charge < -0.3 is 15.7 Å². The predicted octanol–water partition coefficient (Wildman–Crippen LogP) is 1.67. The first kappa shape index (κ1) is 16.0. The minimum absolute atomic E-state index is 0.0160. The van der Waals surface area contributed by atoms with Crippen LogP contribution >= 0.6 is 0 Å². The van der Waals surface area contributed by atoms with Gasteiger partial charge >= 0.3 is 5.97 Å². The van der Waals surface area contributed by atoms with E-state index in [1.54, 1.807) is 0 Å². The summed E-state index contributed by atoms with van der Waals surface area (Å²) in [7, 11) is 0. The zero-order chi connectivity index (χ0) is 14.5. The lowest BCUT2D eigenvalue weighted by Gasteiger charge is -2.34. The van der Waals surface area contributed by atoms with Crippen molar-refractivity contribution < 1.29 is 14.7 Å². The molecule has 0 aromatic rings. The van der Waals surface area contributed by atoms with Crippen molar-refractivity contribution in [1.82, 2.24) is 10.6 Å². The van der Waals surface area contributed by atoms with Crippen molar-refractivity contribution >= 4 is 11.9 Å². The van der Waals surface area contributed by atoms with Crippen molar-refractivity contribution in [2.45, 2.75) is 70.4 Å². The second-order valence-electron chi connectivity index (χ2n) is 6.09. The fourth-order valence-corrected chi connectivity index (χ4v) is 2.66. The first-order valence-corrected chi connectivity index (χ1v) is 7.11. The molecule has 0 saturated carbocycles. The minimum Gasteiger partial charge on any atom is -0.481 e. The van der Waals surface area contributed by atoms with Gasteiger partial charge in [0, 0.05) is 12.0 Å². The van der Waals surface area contributed by atoms with Crippen LogP contribution in [-0.4, -0.2) is 34.6 Å². The summed E-state index contributed by atoms with van der Waals surface area (Å²) in [6, 6.07) is 0. The maximum absolute atomic E-state index is 12.5. The third kappa shape index (κ3) is 4.49. The van der Waals surface area contributed by atoms with Gasteiger partial charge in [0.1, 0.15) is 0 Å². The van der Waals surface area contributed by atoms with Gasteiger partial charge in [0.2, 0.25) is 5.91 Å². The molecule has 5 heteroatoms. The van der Waals surface area contributed by atoms with Crippen LogP contribution in [0, 0.1) is 0 Å². The molecule has 5 nitrogen and oxygen atoms in total. The van der Waals surface area contributed by atoms with Crippen LogP contribution in [0.5, 0.6) is 0 Å². The van der Waals surface area contributed by atoms with Crippen LogP contribution in [0.3, 0.4) is 0 Å². The molecule has 1 rings (SSSR count). The van der Waals surface area contributed by atoms with Crippen molar-refractivity contribution in [3.05, 3.63) is 0 Å². The molecule has 1 unspecified atom stereocenters. The smallest absolute Gasteiger partial charge is 0.303 e. The molecular formula is C14H26N2O3. The zero-order valence-electron chi connectivity index (χ0n) is 12.2. The highest BCUT2D eigenvalue weighted by Gasteiger charge is 2.41. The molecule has 1 aliphatic heterocycles. The van der Waals surface area contributed by atoms with Gasteiger partial charge in [-0.2, -0.15) is 0 Å². The molecule has 1 heterocycles. The van der Waals surface area contributed by atoms with E-state index in [4.69, 9.17) is 5.11 Å². The van der Waals surface area contributed by atoms with E-state index in [9.17, 15) is 9.59 Å². The van der Waals surface area contributed by atoms with E-state index in [1.807, 2.05) is 13.8 Å². The van der Waals surface area contributed by atoms with Crippen molar-refractivity contribution in [2.75, 3.05) is 6.54 Å². The lowest BCUT2D eigenvalue weighted by molar-refractivity contribution is -0.138. The number of carboxylic acids is 1. The summed E-state index contributed by atoms with van der Waals surface area (Å²) in [5.41, 5.74) is -0.935. The molecule has 110 valence electrons.